The fourth-order valence-electron chi connectivity index (χ4n) is 2.58. The van der Waals surface area contributed by atoms with Crippen molar-refractivity contribution in [1.29, 1.82) is 0 Å². The van der Waals surface area contributed by atoms with Gasteiger partial charge in [-0.1, -0.05) is 60.7 Å². The number of carbonyl (C=O) groups excluding carboxylic acids is 1. The lowest BCUT2D eigenvalue weighted by atomic mass is 9.93. The van der Waals surface area contributed by atoms with Crippen LogP contribution < -0.4 is 0 Å². The van der Waals surface area contributed by atoms with Crippen LogP contribution in [0.3, 0.4) is 0 Å². The maximum atomic E-state index is 12.2. The SMILES string of the molecule is O=C(CSC1=C([N+](=O)[O-])C(O)(c2ccccc2)CS1)c1ccccc1. The van der Waals surface area contributed by atoms with Gasteiger partial charge in [-0.25, -0.2) is 0 Å². The maximum Gasteiger partial charge on any atom is 0.302 e. The van der Waals surface area contributed by atoms with E-state index in [4.69, 9.17) is 0 Å². The molecule has 1 aliphatic rings. The Bertz CT molecular complexity index is 823. The number of ketones is 1. The highest BCUT2D eigenvalue weighted by molar-refractivity contribution is 8.22. The van der Waals surface area contributed by atoms with Gasteiger partial charge in [0.25, 0.3) is 0 Å². The molecule has 1 N–H and O–H groups in total. The first-order valence-corrected chi connectivity index (χ1v) is 9.50. The smallest absolute Gasteiger partial charge is 0.302 e. The molecule has 2 aromatic rings. The molecule has 1 heterocycles. The number of Topliss-reactive ketones (excluding diaryl/α,β-unsaturated/α-hetero) is 1. The largest absolute Gasteiger partial charge is 0.374 e. The summed E-state index contributed by atoms with van der Waals surface area (Å²) in [6.45, 7) is 0. The van der Waals surface area contributed by atoms with Gasteiger partial charge < -0.3 is 5.11 Å². The van der Waals surface area contributed by atoms with E-state index in [0.29, 0.717) is 15.4 Å². The Hall–Kier alpha value is -2.09. The number of nitrogens with zero attached hydrogens (tertiary/aromatic N) is 1. The Morgan fingerprint density at radius 1 is 1.16 bits per heavy atom. The average molecular weight is 373 g/mol. The third-order valence-electron chi connectivity index (χ3n) is 3.86. The minimum absolute atomic E-state index is 0.0918. The van der Waals surface area contributed by atoms with Gasteiger partial charge >= 0.3 is 5.70 Å². The van der Waals surface area contributed by atoms with E-state index >= 15 is 0 Å². The highest BCUT2D eigenvalue weighted by atomic mass is 32.2. The summed E-state index contributed by atoms with van der Waals surface area (Å²) in [5, 5.41) is 22.5. The van der Waals surface area contributed by atoms with Crippen LogP contribution in [0.5, 0.6) is 0 Å². The van der Waals surface area contributed by atoms with Gasteiger partial charge in [0, 0.05) is 11.3 Å². The minimum atomic E-state index is -1.65. The van der Waals surface area contributed by atoms with Crippen LogP contribution in [0.2, 0.25) is 0 Å². The van der Waals surface area contributed by atoms with E-state index in [1.807, 2.05) is 6.07 Å². The van der Waals surface area contributed by atoms with Crippen molar-refractivity contribution in [2.75, 3.05) is 11.5 Å². The topological polar surface area (TPSA) is 80.4 Å². The van der Waals surface area contributed by atoms with E-state index in [9.17, 15) is 20.0 Å². The van der Waals surface area contributed by atoms with Gasteiger partial charge in [-0.2, -0.15) is 0 Å². The number of carbonyl (C=O) groups is 1. The summed E-state index contributed by atoms with van der Waals surface area (Å²) in [6, 6.07) is 17.4. The van der Waals surface area contributed by atoms with E-state index in [2.05, 4.69) is 0 Å². The number of rotatable bonds is 6. The van der Waals surface area contributed by atoms with Crippen LogP contribution in [0.1, 0.15) is 15.9 Å². The Labute approximate surface area is 153 Å². The van der Waals surface area contributed by atoms with Crippen molar-refractivity contribution >= 4 is 29.3 Å². The van der Waals surface area contributed by atoms with Crippen molar-refractivity contribution in [1.82, 2.24) is 0 Å². The molecular weight excluding hydrogens is 358 g/mol. The van der Waals surface area contributed by atoms with Crippen molar-refractivity contribution in [3.8, 4) is 0 Å². The summed E-state index contributed by atoms with van der Waals surface area (Å²) in [4.78, 5) is 23.3. The Morgan fingerprint density at radius 2 is 1.76 bits per heavy atom. The highest BCUT2D eigenvalue weighted by Crippen LogP contribution is 2.49. The average Bonchev–Trinajstić information content (AvgIpc) is 2.99. The number of benzene rings is 2. The monoisotopic (exact) mass is 373 g/mol. The fourth-order valence-corrected chi connectivity index (χ4v) is 5.10. The number of thioether (sulfide) groups is 2. The van der Waals surface area contributed by atoms with Crippen LogP contribution in [0.25, 0.3) is 0 Å². The predicted molar refractivity (Wildman–Crippen MR) is 100 cm³/mol. The summed E-state index contributed by atoms with van der Waals surface area (Å²) in [6.07, 6.45) is 0. The standard InChI is InChI=1S/C18H15NO4S2/c20-15(13-7-3-1-4-8-13)11-24-17-16(19(22)23)18(21,12-25-17)14-9-5-2-6-10-14/h1-10,21H,11-12H2. The number of aliphatic hydroxyl groups is 1. The van der Waals surface area contributed by atoms with E-state index in [-0.39, 0.29) is 23.0 Å². The summed E-state index contributed by atoms with van der Waals surface area (Å²) < 4.78 is 0.389. The molecule has 0 saturated heterocycles. The summed E-state index contributed by atoms with van der Waals surface area (Å²) in [5.41, 5.74) is -0.832. The minimum Gasteiger partial charge on any atom is -0.374 e. The van der Waals surface area contributed by atoms with E-state index in [1.165, 1.54) is 11.8 Å². The third-order valence-corrected chi connectivity index (χ3v) is 6.45. The lowest BCUT2D eigenvalue weighted by Gasteiger charge is -2.20. The van der Waals surface area contributed by atoms with Gasteiger partial charge in [-0.15, -0.1) is 23.5 Å². The molecule has 1 aliphatic heterocycles. The molecular formula is C18H15NO4S2. The Balaban J connectivity index is 1.84. The second kappa shape index (κ2) is 7.43. The molecule has 0 bridgehead atoms. The molecule has 0 aromatic heterocycles. The van der Waals surface area contributed by atoms with Crippen LogP contribution >= 0.6 is 23.5 Å². The molecule has 5 nitrogen and oxygen atoms in total. The molecule has 0 fully saturated rings. The molecule has 0 radical (unpaired) electrons. The first-order valence-electron chi connectivity index (χ1n) is 7.53. The zero-order valence-electron chi connectivity index (χ0n) is 13.1. The van der Waals surface area contributed by atoms with E-state index in [0.717, 1.165) is 11.8 Å². The molecule has 0 saturated carbocycles. The Morgan fingerprint density at radius 3 is 2.36 bits per heavy atom. The highest BCUT2D eigenvalue weighted by Gasteiger charge is 2.50. The van der Waals surface area contributed by atoms with Crippen molar-refractivity contribution in [2.24, 2.45) is 0 Å². The number of hydrogen-bond acceptors (Lipinski definition) is 6. The van der Waals surface area contributed by atoms with Gasteiger partial charge in [-0.3, -0.25) is 14.9 Å². The summed E-state index contributed by atoms with van der Waals surface area (Å²) in [5.74, 6) is 0.153. The van der Waals surface area contributed by atoms with Gasteiger partial charge in [0.2, 0.25) is 0 Å². The zero-order valence-corrected chi connectivity index (χ0v) is 14.8. The predicted octanol–water partition coefficient (Wildman–Crippen LogP) is 3.68. The summed E-state index contributed by atoms with van der Waals surface area (Å²) >= 11 is 2.33. The molecule has 7 heteroatoms. The van der Waals surface area contributed by atoms with Gasteiger partial charge in [0.05, 0.1) is 10.7 Å². The second-order valence-corrected chi connectivity index (χ2v) is 7.72. The van der Waals surface area contributed by atoms with Gasteiger partial charge in [0.1, 0.15) is 4.24 Å². The van der Waals surface area contributed by atoms with Gasteiger partial charge in [-0.05, 0) is 5.56 Å². The molecule has 128 valence electrons. The molecule has 25 heavy (non-hydrogen) atoms. The summed E-state index contributed by atoms with van der Waals surface area (Å²) in [7, 11) is 0. The van der Waals surface area contributed by atoms with E-state index < -0.39 is 10.5 Å². The molecule has 1 unspecified atom stereocenters. The molecule has 2 aromatic carbocycles. The first-order chi connectivity index (χ1) is 12.0. The van der Waals surface area contributed by atoms with Crippen molar-refractivity contribution in [3.05, 3.63) is 91.8 Å². The van der Waals surface area contributed by atoms with Crippen LogP contribution in [-0.4, -0.2) is 27.3 Å². The van der Waals surface area contributed by atoms with E-state index in [1.54, 1.807) is 54.6 Å². The Kier molecular flexibility index (Phi) is 5.27. The molecule has 3 rings (SSSR count). The van der Waals surface area contributed by atoms with Crippen molar-refractivity contribution in [2.45, 2.75) is 5.60 Å². The first kappa shape index (κ1) is 17.7. The van der Waals surface area contributed by atoms with Crippen LogP contribution in [0.15, 0.2) is 70.6 Å². The van der Waals surface area contributed by atoms with Crippen molar-refractivity contribution in [3.63, 3.8) is 0 Å². The molecule has 1 atom stereocenters. The van der Waals surface area contributed by atoms with Crippen LogP contribution in [0.4, 0.5) is 0 Å². The molecule has 0 aliphatic carbocycles. The second-order valence-electron chi connectivity index (χ2n) is 5.49. The molecule has 0 amide bonds. The normalized spacial score (nSPS) is 19.9. The van der Waals surface area contributed by atoms with Crippen molar-refractivity contribution < 1.29 is 14.8 Å². The number of nitro groups is 1. The quantitative estimate of drug-likeness (QED) is 0.473. The zero-order chi connectivity index (χ0) is 17.9. The number of hydrogen-bond donors (Lipinski definition) is 1. The lowest BCUT2D eigenvalue weighted by Crippen LogP contribution is -2.32. The third kappa shape index (κ3) is 3.63. The van der Waals surface area contributed by atoms with Crippen LogP contribution in [0, 0.1) is 10.1 Å². The maximum absolute atomic E-state index is 12.2. The van der Waals surface area contributed by atoms with Crippen LogP contribution in [-0.2, 0) is 5.60 Å². The lowest BCUT2D eigenvalue weighted by molar-refractivity contribution is -0.444. The van der Waals surface area contributed by atoms with Gasteiger partial charge in [0.15, 0.2) is 11.4 Å². The molecule has 0 spiro atoms. The fraction of sp³-hybridized carbons (Fsp3) is 0.167.